The first-order valence-corrected chi connectivity index (χ1v) is 7.13. The molecule has 1 N–H and O–H groups in total. The minimum atomic E-state index is -0.0960. The van der Waals surface area contributed by atoms with Gasteiger partial charge in [0.2, 0.25) is 0 Å². The zero-order valence-electron chi connectivity index (χ0n) is 11.6. The molecule has 0 aromatic heterocycles. The van der Waals surface area contributed by atoms with Crippen molar-refractivity contribution in [1.82, 2.24) is 5.32 Å². The Morgan fingerprint density at radius 2 is 2.05 bits per heavy atom. The second kappa shape index (κ2) is 5.83. The van der Waals surface area contributed by atoms with Crippen LogP contribution in [0, 0.1) is 11.8 Å². The molecule has 0 spiro atoms. The van der Waals surface area contributed by atoms with Crippen molar-refractivity contribution in [2.75, 3.05) is 13.2 Å². The van der Waals surface area contributed by atoms with Gasteiger partial charge in [0.1, 0.15) is 12.4 Å². The van der Waals surface area contributed by atoms with Gasteiger partial charge < -0.3 is 10.1 Å². The molecule has 2 unspecified atom stereocenters. The molecule has 0 aliphatic carbocycles. The third-order valence-corrected chi connectivity index (χ3v) is 4.37. The number of rotatable bonds is 3. The van der Waals surface area contributed by atoms with Gasteiger partial charge in [0.15, 0.2) is 0 Å². The highest BCUT2D eigenvalue weighted by atomic mass is 35.5. The van der Waals surface area contributed by atoms with Crippen molar-refractivity contribution in [3.8, 4) is 5.75 Å². The Balaban J connectivity index is 2.32. The number of alkyl halides is 1. The Bertz CT molecular complexity index is 473. The molecule has 1 aliphatic heterocycles. The Labute approximate surface area is 119 Å². The first kappa shape index (κ1) is 14.2. The summed E-state index contributed by atoms with van der Waals surface area (Å²) in [5, 5.41) is 2.72. The number of halogens is 1. The van der Waals surface area contributed by atoms with Gasteiger partial charge in [-0.05, 0) is 29.5 Å². The van der Waals surface area contributed by atoms with Crippen LogP contribution in [0.15, 0.2) is 18.2 Å². The number of ether oxygens (including phenoxy) is 1. The lowest BCUT2D eigenvalue weighted by atomic mass is 9.90. The van der Waals surface area contributed by atoms with Gasteiger partial charge in [0, 0.05) is 0 Å². The lowest BCUT2D eigenvalue weighted by molar-refractivity contribution is 0.0957. The molecule has 1 heterocycles. The maximum Gasteiger partial charge on any atom is 0.255 e. The fourth-order valence-electron chi connectivity index (χ4n) is 2.08. The Hall–Kier alpha value is -1.22. The summed E-state index contributed by atoms with van der Waals surface area (Å²) < 4.78 is 5.54. The third-order valence-electron chi connectivity index (χ3n) is 3.73. The lowest BCUT2D eigenvalue weighted by Gasteiger charge is -2.22. The molecule has 2 atom stereocenters. The van der Waals surface area contributed by atoms with E-state index < -0.39 is 0 Å². The van der Waals surface area contributed by atoms with E-state index in [1.807, 2.05) is 18.2 Å². The number of nitrogens with one attached hydrogen (secondary N) is 1. The highest BCUT2D eigenvalue weighted by Crippen LogP contribution is 2.35. The average molecular weight is 282 g/mol. The molecule has 104 valence electrons. The van der Waals surface area contributed by atoms with Gasteiger partial charge in [0.05, 0.1) is 17.5 Å². The van der Waals surface area contributed by atoms with E-state index in [0.717, 1.165) is 5.56 Å². The van der Waals surface area contributed by atoms with Crippen molar-refractivity contribution in [2.45, 2.75) is 26.1 Å². The van der Waals surface area contributed by atoms with Crippen LogP contribution in [0.1, 0.15) is 42.1 Å². The molecule has 0 fully saturated rings. The van der Waals surface area contributed by atoms with Gasteiger partial charge in [-0.15, -0.1) is 11.6 Å². The van der Waals surface area contributed by atoms with Gasteiger partial charge in [-0.3, -0.25) is 4.79 Å². The van der Waals surface area contributed by atoms with Crippen molar-refractivity contribution in [3.05, 3.63) is 29.3 Å². The average Bonchev–Trinajstić information content (AvgIpc) is 2.58. The lowest BCUT2D eigenvalue weighted by Crippen LogP contribution is -2.24. The second-order valence-electron chi connectivity index (χ2n) is 5.36. The van der Waals surface area contributed by atoms with Crippen LogP contribution < -0.4 is 10.1 Å². The predicted molar refractivity (Wildman–Crippen MR) is 76.9 cm³/mol. The van der Waals surface area contributed by atoms with E-state index >= 15 is 0 Å². The number of hydrogen-bond donors (Lipinski definition) is 1. The quantitative estimate of drug-likeness (QED) is 0.863. The van der Waals surface area contributed by atoms with E-state index in [-0.39, 0.29) is 11.3 Å². The molecule has 1 aromatic rings. The van der Waals surface area contributed by atoms with Gasteiger partial charge >= 0.3 is 0 Å². The summed E-state index contributed by atoms with van der Waals surface area (Å²) in [6, 6.07) is 5.65. The number of carbonyl (C=O) groups is 1. The molecular formula is C15H20ClNO2. The number of benzene rings is 1. The van der Waals surface area contributed by atoms with Gasteiger partial charge in [0.25, 0.3) is 5.91 Å². The summed E-state index contributed by atoms with van der Waals surface area (Å²) in [4.78, 5) is 11.9. The van der Waals surface area contributed by atoms with Crippen LogP contribution >= 0.6 is 11.6 Å². The normalized spacial score (nSPS) is 18.1. The topological polar surface area (TPSA) is 38.3 Å². The third kappa shape index (κ3) is 3.03. The summed E-state index contributed by atoms with van der Waals surface area (Å²) in [6.07, 6.45) is 0. The number of hydrogen-bond acceptors (Lipinski definition) is 2. The van der Waals surface area contributed by atoms with Crippen LogP contribution in [-0.4, -0.2) is 19.1 Å². The molecule has 4 heteroatoms. The van der Waals surface area contributed by atoms with Crippen LogP contribution in [0.25, 0.3) is 0 Å². The summed E-state index contributed by atoms with van der Waals surface area (Å²) in [5.41, 5.74) is 1.55. The molecular weight excluding hydrogens is 262 g/mol. The highest BCUT2D eigenvalue weighted by molar-refractivity contribution is 6.21. The van der Waals surface area contributed by atoms with E-state index in [0.29, 0.717) is 36.3 Å². The molecule has 1 amide bonds. The fourth-order valence-corrected chi connectivity index (χ4v) is 2.51. The van der Waals surface area contributed by atoms with Crippen molar-refractivity contribution >= 4 is 17.5 Å². The molecule has 0 saturated heterocycles. The highest BCUT2D eigenvalue weighted by Gasteiger charge is 2.23. The molecule has 3 nitrogen and oxygen atoms in total. The number of amides is 1. The van der Waals surface area contributed by atoms with Crippen molar-refractivity contribution in [2.24, 2.45) is 11.8 Å². The minimum absolute atomic E-state index is 0.0876. The molecule has 1 aliphatic rings. The summed E-state index contributed by atoms with van der Waals surface area (Å²) in [6.45, 7) is 7.48. The first-order chi connectivity index (χ1) is 9.00. The van der Waals surface area contributed by atoms with Crippen molar-refractivity contribution in [3.63, 3.8) is 0 Å². The van der Waals surface area contributed by atoms with Gasteiger partial charge in [-0.25, -0.2) is 0 Å². The fraction of sp³-hybridized carbons (Fsp3) is 0.533. The summed E-state index contributed by atoms with van der Waals surface area (Å²) >= 11 is 6.51. The molecule has 2 rings (SSSR count). The maximum absolute atomic E-state index is 11.9. The van der Waals surface area contributed by atoms with E-state index in [4.69, 9.17) is 16.3 Å². The Morgan fingerprint density at radius 1 is 1.32 bits per heavy atom. The van der Waals surface area contributed by atoms with Crippen LogP contribution in [0.5, 0.6) is 5.75 Å². The van der Waals surface area contributed by atoms with Crippen LogP contribution in [0.4, 0.5) is 0 Å². The number of carbonyl (C=O) groups excluding carboxylic acids is 1. The molecule has 1 aromatic carbocycles. The molecule has 0 radical (unpaired) electrons. The largest absolute Gasteiger partial charge is 0.491 e. The Kier molecular flexibility index (Phi) is 4.35. The standard InChI is InChI=1S/C15H20ClNO2/c1-9(2)10(3)14(16)11-4-5-13-12(8-11)15(18)17-6-7-19-13/h4-5,8-10,14H,6-7H2,1-3H3,(H,17,18). The minimum Gasteiger partial charge on any atom is -0.491 e. The van der Waals surface area contributed by atoms with Crippen LogP contribution in [0.2, 0.25) is 0 Å². The van der Waals surface area contributed by atoms with Crippen LogP contribution in [-0.2, 0) is 0 Å². The van der Waals surface area contributed by atoms with E-state index in [2.05, 4.69) is 26.1 Å². The van der Waals surface area contributed by atoms with E-state index in [1.165, 1.54) is 0 Å². The maximum atomic E-state index is 11.9. The second-order valence-corrected chi connectivity index (χ2v) is 5.84. The van der Waals surface area contributed by atoms with E-state index in [9.17, 15) is 4.79 Å². The number of fused-ring (bicyclic) bond motifs is 1. The zero-order chi connectivity index (χ0) is 14.0. The molecule has 19 heavy (non-hydrogen) atoms. The monoisotopic (exact) mass is 281 g/mol. The Morgan fingerprint density at radius 3 is 2.74 bits per heavy atom. The first-order valence-electron chi connectivity index (χ1n) is 6.69. The molecule has 0 bridgehead atoms. The van der Waals surface area contributed by atoms with E-state index in [1.54, 1.807) is 0 Å². The van der Waals surface area contributed by atoms with Crippen molar-refractivity contribution < 1.29 is 9.53 Å². The zero-order valence-corrected chi connectivity index (χ0v) is 12.3. The van der Waals surface area contributed by atoms with Gasteiger partial charge in [-0.1, -0.05) is 26.8 Å². The van der Waals surface area contributed by atoms with Crippen LogP contribution in [0.3, 0.4) is 0 Å². The summed E-state index contributed by atoms with van der Waals surface area (Å²) in [5.74, 6) is 1.39. The summed E-state index contributed by atoms with van der Waals surface area (Å²) in [7, 11) is 0. The van der Waals surface area contributed by atoms with Gasteiger partial charge in [-0.2, -0.15) is 0 Å². The SMILES string of the molecule is CC(C)C(C)C(Cl)c1ccc2c(c1)C(=O)NCCO2. The predicted octanol–water partition coefficient (Wildman–Crippen LogP) is 3.38. The molecule has 0 saturated carbocycles. The van der Waals surface area contributed by atoms with Crippen molar-refractivity contribution in [1.29, 1.82) is 0 Å². The smallest absolute Gasteiger partial charge is 0.255 e.